The molecule has 0 atom stereocenters. The van der Waals surface area contributed by atoms with Crippen molar-refractivity contribution in [3.05, 3.63) is 0 Å². The molecule has 0 spiro atoms. The molecule has 0 aromatic carbocycles. The van der Waals surface area contributed by atoms with Crippen LogP contribution in [0, 0.1) is 0 Å². The Bertz CT molecular complexity index is 41.5. The van der Waals surface area contributed by atoms with Gasteiger partial charge in [0.1, 0.15) is 0 Å². The van der Waals surface area contributed by atoms with Gasteiger partial charge in [0.25, 0.3) is 0 Å². The number of hydrogen-bond donors (Lipinski definition) is 0. The molecule has 4 heteroatoms. The molecule has 1 saturated heterocycles. The van der Waals surface area contributed by atoms with Gasteiger partial charge < -0.3 is 0 Å². The molecule has 0 amide bonds. The first-order valence-electron chi connectivity index (χ1n) is 3.62. The quantitative estimate of drug-likeness (QED) is 0.446. The fraction of sp³-hybridized carbons (Fsp3) is 1.00. The molecule has 0 aliphatic carbocycles. The van der Waals surface area contributed by atoms with Gasteiger partial charge in [-0.1, -0.05) is 0 Å². The van der Waals surface area contributed by atoms with Crippen LogP contribution in [0.3, 0.4) is 0 Å². The van der Waals surface area contributed by atoms with E-state index < -0.39 is 0 Å². The molecule has 1 aliphatic heterocycles. The maximum absolute atomic E-state index is 1.54. The van der Waals surface area contributed by atoms with Gasteiger partial charge in [-0.15, -0.1) is 25.7 Å². The van der Waals surface area contributed by atoms with E-state index >= 15 is 0 Å². The molecule has 1 fully saturated rings. The second-order valence-electron chi connectivity index (χ2n) is 2.25. The average molecular weight is 236 g/mol. The first-order valence-corrected chi connectivity index (χ1v) is 7.86. The maximum atomic E-state index is 1.54. The summed E-state index contributed by atoms with van der Waals surface area (Å²) in [5, 5.41) is 0. The first-order chi connectivity index (χ1) is 4.50. The first kappa shape index (κ1) is 11.8. The number of hydrogen-bond acceptors (Lipinski definition) is 0. The third-order valence-electron chi connectivity index (χ3n) is 1.44. The van der Waals surface area contributed by atoms with Gasteiger partial charge in [-0.25, -0.2) is 0 Å². The topological polar surface area (TPSA) is 0 Å². The van der Waals surface area contributed by atoms with E-state index in [1.807, 2.05) is 0 Å². The van der Waals surface area contributed by atoms with Crippen molar-refractivity contribution in [3.8, 4) is 0 Å². The third kappa shape index (κ3) is 6.52. The van der Waals surface area contributed by atoms with E-state index in [1.54, 1.807) is 37.0 Å². The molecular formula is C6H15FeP3. The van der Waals surface area contributed by atoms with Crippen molar-refractivity contribution in [1.29, 1.82) is 0 Å². The van der Waals surface area contributed by atoms with Crippen LogP contribution in [0.5, 0.6) is 0 Å². The minimum absolute atomic E-state index is 0. The molecule has 1 heterocycles. The van der Waals surface area contributed by atoms with Crippen molar-refractivity contribution in [2.45, 2.75) is 0 Å². The van der Waals surface area contributed by atoms with Gasteiger partial charge in [-0.3, -0.25) is 0 Å². The fourth-order valence-corrected chi connectivity index (χ4v) is 5.90. The van der Waals surface area contributed by atoms with Crippen LogP contribution in [0.4, 0.5) is 0 Å². The van der Waals surface area contributed by atoms with Crippen LogP contribution in [0.15, 0.2) is 0 Å². The van der Waals surface area contributed by atoms with E-state index in [9.17, 15) is 0 Å². The van der Waals surface area contributed by atoms with Gasteiger partial charge in [-0.05, 0) is 37.0 Å². The Morgan fingerprint density at radius 1 is 0.500 bits per heavy atom. The Labute approximate surface area is 79.9 Å². The third-order valence-corrected chi connectivity index (χ3v) is 6.56. The molecule has 1 rings (SSSR count). The Kier molecular flexibility index (Phi) is 10.5. The normalized spacial score (nSPS) is 28.8. The maximum Gasteiger partial charge on any atom is 0 e. The summed E-state index contributed by atoms with van der Waals surface area (Å²) in [5.74, 6) is 0. The number of rotatable bonds is 0. The summed E-state index contributed by atoms with van der Waals surface area (Å²) in [6, 6.07) is 0. The van der Waals surface area contributed by atoms with E-state index in [4.69, 9.17) is 0 Å². The predicted octanol–water partition coefficient (Wildman–Crippen LogP) is 2.03. The van der Waals surface area contributed by atoms with Gasteiger partial charge in [0.2, 0.25) is 0 Å². The molecule has 0 saturated carbocycles. The van der Waals surface area contributed by atoms with Crippen molar-refractivity contribution in [3.63, 3.8) is 0 Å². The summed E-state index contributed by atoms with van der Waals surface area (Å²) in [4.78, 5) is 0. The molecule has 0 N–H and O–H groups in total. The summed E-state index contributed by atoms with van der Waals surface area (Å²) >= 11 is 0. The Hall–Kier alpha value is 1.81. The zero-order valence-corrected chi connectivity index (χ0v) is 10.2. The van der Waals surface area contributed by atoms with E-state index in [0.717, 1.165) is 0 Å². The van der Waals surface area contributed by atoms with Crippen LogP contribution in [0.25, 0.3) is 0 Å². The van der Waals surface area contributed by atoms with Crippen LogP contribution in [-0.2, 0) is 17.1 Å². The van der Waals surface area contributed by atoms with Crippen molar-refractivity contribution in [1.82, 2.24) is 0 Å². The molecule has 0 radical (unpaired) electrons. The van der Waals surface area contributed by atoms with Crippen LogP contribution >= 0.6 is 25.7 Å². The SMILES string of the molecule is C1CPCCPCCP1.[Fe]. The second kappa shape index (κ2) is 8.90. The predicted molar refractivity (Wildman–Crippen MR) is 54.1 cm³/mol. The zero-order valence-electron chi connectivity index (χ0n) is 6.10. The van der Waals surface area contributed by atoms with Gasteiger partial charge in [-0.2, -0.15) is 0 Å². The Morgan fingerprint density at radius 2 is 0.700 bits per heavy atom. The minimum atomic E-state index is 0. The molecule has 0 aromatic heterocycles. The monoisotopic (exact) mass is 236 g/mol. The molecule has 0 aromatic rings. The van der Waals surface area contributed by atoms with Crippen LogP contribution in [-0.4, -0.2) is 37.0 Å². The molecule has 0 bridgehead atoms. The average Bonchev–Trinajstić information content (AvgIpc) is 2.00. The molecule has 0 unspecified atom stereocenters. The molecule has 0 nitrogen and oxygen atoms in total. The summed E-state index contributed by atoms with van der Waals surface area (Å²) in [5.41, 5.74) is 0. The summed E-state index contributed by atoms with van der Waals surface area (Å²) in [6.07, 6.45) is 9.27. The minimum Gasteiger partial charge on any atom is -0.121 e. The van der Waals surface area contributed by atoms with Crippen LogP contribution in [0.1, 0.15) is 0 Å². The fourth-order valence-electron chi connectivity index (χ4n) is 0.905. The molecule has 1 aliphatic rings. The zero-order chi connectivity index (χ0) is 6.36. The van der Waals surface area contributed by atoms with E-state index in [2.05, 4.69) is 0 Å². The smallest absolute Gasteiger partial charge is 0 e. The van der Waals surface area contributed by atoms with Gasteiger partial charge in [0.15, 0.2) is 0 Å². The van der Waals surface area contributed by atoms with Crippen LogP contribution in [0.2, 0.25) is 0 Å². The summed E-state index contributed by atoms with van der Waals surface area (Å²) in [6.45, 7) is 0. The molecule has 62 valence electrons. The van der Waals surface area contributed by atoms with Gasteiger partial charge >= 0.3 is 0 Å². The van der Waals surface area contributed by atoms with Crippen LogP contribution < -0.4 is 0 Å². The van der Waals surface area contributed by atoms with Crippen molar-refractivity contribution >= 4 is 25.7 Å². The van der Waals surface area contributed by atoms with Gasteiger partial charge in [0, 0.05) is 17.1 Å². The van der Waals surface area contributed by atoms with E-state index in [1.165, 1.54) is 25.7 Å². The van der Waals surface area contributed by atoms with E-state index in [-0.39, 0.29) is 17.1 Å². The van der Waals surface area contributed by atoms with Crippen molar-refractivity contribution < 1.29 is 17.1 Å². The van der Waals surface area contributed by atoms with Crippen molar-refractivity contribution in [2.75, 3.05) is 37.0 Å². The standard InChI is InChI=1S/C6H15P3.Fe/c1-2-8-5-6-9-4-3-7-1;/h7-9H,1-6H2;. The Morgan fingerprint density at radius 3 is 0.900 bits per heavy atom. The Balaban J connectivity index is 0.000000810. The van der Waals surface area contributed by atoms with Crippen molar-refractivity contribution in [2.24, 2.45) is 0 Å². The van der Waals surface area contributed by atoms with E-state index in [0.29, 0.717) is 0 Å². The summed E-state index contributed by atoms with van der Waals surface area (Å²) < 4.78 is 0. The summed E-state index contributed by atoms with van der Waals surface area (Å²) in [7, 11) is 3.90. The largest absolute Gasteiger partial charge is 0.121 e. The van der Waals surface area contributed by atoms with Gasteiger partial charge in [0.05, 0.1) is 0 Å². The molecular weight excluding hydrogens is 221 g/mol. The second-order valence-corrected chi connectivity index (χ2v) is 6.75. The molecule has 10 heavy (non-hydrogen) atoms.